The lowest BCUT2D eigenvalue weighted by molar-refractivity contribution is 0.930. The van der Waals surface area contributed by atoms with Gasteiger partial charge in [0, 0.05) is 18.4 Å². The average molecular weight is 149 g/mol. The lowest BCUT2D eigenvalue weighted by Crippen LogP contribution is -2.09. The van der Waals surface area contributed by atoms with Crippen molar-refractivity contribution in [1.29, 1.82) is 0 Å². The van der Waals surface area contributed by atoms with E-state index < -0.39 is 0 Å². The van der Waals surface area contributed by atoms with Gasteiger partial charge in [-0.25, -0.2) is 0 Å². The fraction of sp³-hybridized carbons (Fsp3) is 0.250. The maximum Gasteiger partial charge on any atom is 0.0810 e. The second-order valence-electron chi connectivity index (χ2n) is 2.35. The van der Waals surface area contributed by atoms with E-state index in [0.717, 1.165) is 5.69 Å². The van der Waals surface area contributed by atoms with Gasteiger partial charge in [0.25, 0.3) is 0 Å². The van der Waals surface area contributed by atoms with Gasteiger partial charge in [-0.15, -0.1) is 0 Å². The predicted octanol–water partition coefficient (Wildman–Crippen LogP) is 0.837. The van der Waals surface area contributed by atoms with Crippen LogP contribution in [-0.4, -0.2) is 16.0 Å². The van der Waals surface area contributed by atoms with E-state index in [4.69, 9.17) is 5.73 Å². The van der Waals surface area contributed by atoms with Gasteiger partial charge in [0.05, 0.1) is 11.9 Å². The number of nitrogens with two attached hydrogens (primary N) is 1. The summed E-state index contributed by atoms with van der Waals surface area (Å²) in [5.74, 6) is 0. The SMILES string of the molecule is CC(N)/C=C/c1cnccn1. The molecule has 3 heteroatoms. The molecule has 3 nitrogen and oxygen atoms in total. The van der Waals surface area contributed by atoms with Gasteiger partial charge >= 0.3 is 0 Å². The van der Waals surface area contributed by atoms with Crippen LogP contribution in [0.15, 0.2) is 24.7 Å². The molecule has 1 rings (SSSR count). The highest BCUT2D eigenvalue weighted by atomic mass is 14.8. The van der Waals surface area contributed by atoms with Gasteiger partial charge in [-0.3, -0.25) is 9.97 Å². The van der Waals surface area contributed by atoms with Gasteiger partial charge in [-0.2, -0.15) is 0 Å². The molecule has 0 bridgehead atoms. The molecule has 0 saturated carbocycles. The Bertz CT molecular complexity index is 228. The van der Waals surface area contributed by atoms with E-state index in [-0.39, 0.29) is 6.04 Å². The van der Waals surface area contributed by atoms with E-state index in [1.54, 1.807) is 18.6 Å². The van der Waals surface area contributed by atoms with E-state index in [1.165, 1.54) is 0 Å². The van der Waals surface area contributed by atoms with Crippen molar-refractivity contribution in [3.05, 3.63) is 30.4 Å². The Labute approximate surface area is 66.0 Å². The fourth-order valence-electron chi connectivity index (χ4n) is 0.647. The molecular weight excluding hydrogens is 138 g/mol. The van der Waals surface area contributed by atoms with Crippen molar-refractivity contribution >= 4 is 6.08 Å². The maximum absolute atomic E-state index is 5.51. The van der Waals surface area contributed by atoms with Gasteiger partial charge in [0.15, 0.2) is 0 Å². The zero-order valence-corrected chi connectivity index (χ0v) is 6.44. The summed E-state index contributed by atoms with van der Waals surface area (Å²) >= 11 is 0. The first kappa shape index (κ1) is 7.88. The molecule has 0 amide bonds. The molecule has 0 fully saturated rings. The highest BCUT2D eigenvalue weighted by Crippen LogP contribution is 1.93. The smallest absolute Gasteiger partial charge is 0.0810 e. The van der Waals surface area contributed by atoms with E-state index in [9.17, 15) is 0 Å². The van der Waals surface area contributed by atoms with E-state index in [2.05, 4.69) is 9.97 Å². The topological polar surface area (TPSA) is 51.8 Å². The Kier molecular flexibility index (Phi) is 2.74. The molecule has 1 unspecified atom stereocenters. The van der Waals surface area contributed by atoms with Crippen molar-refractivity contribution in [2.75, 3.05) is 0 Å². The van der Waals surface area contributed by atoms with Crippen molar-refractivity contribution < 1.29 is 0 Å². The molecule has 0 radical (unpaired) electrons. The summed E-state index contributed by atoms with van der Waals surface area (Å²) in [5.41, 5.74) is 6.34. The summed E-state index contributed by atoms with van der Waals surface area (Å²) in [6, 6.07) is 0.0667. The first-order valence-electron chi connectivity index (χ1n) is 3.49. The number of nitrogens with zero attached hydrogens (tertiary/aromatic N) is 2. The third kappa shape index (κ3) is 2.91. The van der Waals surface area contributed by atoms with Crippen LogP contribution in [0.5, 0.6) is 0 Å². The van der Waals surface area contributed by atoms with E-state index in [0.29, 0.717) is 0 Å². The molecule has 0 saturated heterocycles. The Morgan fingerprint density at radius 2 is 2.36 bits per heavy atom. The Morgan fingerprint density at radius 1 is 1.55 bits per heavy atom. The first-order valence-corrected chi connectivity index (χ1v) is 3.49. The van der Waals surface area contributed by atoms with Crippen LogP contribution in [0.1, 0.15) is 12.6 Å². The third-order valence-electron chi connectivity index (χ3n) is 1.15. The number of hydrogen-bond donors (Lipinski definition) is 1. The minimum atomic E-state index is 0.0667. The minimum Gasteiger partial charge on any atom is -0.325 e. The monoisotopic (exact) mass is 149 g/mol. The molecule has 0 aliphatic rings. The van der Waals surface area contributed by atoms with Gasteiger partial charge in [0.2, 0.25) is 0 Å². The van der Waals surface area contributed by atoms with Crippen molar-refractivity contribution in [3.63, 3.8) is 0 Å². The first-order chi connectivity index (χ1) is 5.29. The van der Waals surface area contributed by atoms with E-state index >= 15 is 0 Å². The quantitative estimate of drug-likeness (QED) is 0.677. The third-order valence-corrected chi connectivity index (χ3v) is 1.15. The van der Waals surface area contributed by atoms with Crippen LogP contribution >= 0.6 is 0 Å². The summed E-state index contributed by atoms with van der Waals surface area (Å²) in [4.78, 5) is 7.95. The van der Waals surface area contributed by atoms with Gasteiger partial charge in [-0.1, -0.05) is 6.08 Å². The molecule has 1 aromatic rings. The fourth-order valence-corrected chi connectivity index (χ4v) is 0.647. The predicted molar refractivity (Wildman–Crippen MR) is 44.7 cm³/mol. The number of hydrogen-bond acceptors (Lipinski definition) is 3. The second-order valence-corrected chi connectivity index (χ2v) is 2.35. The molecule has 0 spiro atoms. The number of rotatable bonds is 2. The summed E-state index contributed by atoms with van der Waals surface area (Å²) in [7, 11) is 0. The number of aromatic nitrogens is 2. The van der Waals surface area contributed by atoms with Crippen molar-refractivity contribution in [3.8, 4) is 0 Å². The van der Waals surface area contributed by atoms with E-state index in [1.807, 2.05) is 19.1 Å². The molecule has 0 aliphatic carbocycles. The van der Waals surface area contributed by atoms with Crippen LogP contribution in [0, 0.1) is 0 Å². The summed E-state index contributed by atoms with van der Waals surface area (Å²) in [6.45, 7) is 1.91. The van der Waals surface area contributed by atoms with Crippen molar-refractivity contribution in [2.24, 2.45) is 5.73 Å². The lowest BCUT2D eigenvalue weighted by Gasteiger charge is -1.93. The van der Waals surface area contributed by atoms with Crippen LogP contribution in [-0.2, 0) is 0 Å². The normalized spacial score (nSPS) is 13.6. The summed E-state index contributed by atoms with van der Waals surface area (Å²) in [6.07, 6.45) is 8.73. The average Bonchev–Trinajstić information content (AvgIpc) is 2.03. The molecule has 11 heavy (non-hydrogen) atoms. The Hall–Kier alpha value is -1.22. The largest absolute Gasteiger partial charge is 0.325 e. The van der Waals surface area contributed by atoms with Gasteiger partial charge in [0.1, 0.15) is 0 Å². The Balaban J connectivity index is 2.65. The molecule has 2 N–H and O–H groups in total. The summed E-state index contributed by atoms with van der Waals surface area (Å²) < 4.78 is 0. The minimum absolute atomic E-state index is 0.0667. The highest BCUT2D eigenvalue weighted by Gasteiger charge is 1.86. The van der Waals surface area contributed by atoms with Gasteiger partial charge in [-0.05, 0) is 13.0 Å². The van der Waals surface area contributed by atoms with Crippen LogP contribution in [0.25, 0.3) is 6.08 Å². The molecule has 1 aromatic heterocycles. The molecular formula is C8H11N3. The van der Waals surface area contributed by atoms with Crippen LogP contribution in [0.2, 0.25) is 0 Å². The van der Waals surface area contributed by atoms with Crippen LogP contribution in [0.3, 0.4) is 0 Å². The molecule has 0 aliphatic heterocycles. The van der Waals surface area contributed by atoms with Crippen molar-refractivity contribution in [1.82, 2.24) is 9.97 Å². The lowest BCUT2D eigenvalue weighted by atomic mass is 10.3. The zero-order valence-electron chi connectivity index (χ0n) is 6.44. The molecule has 1 atom stereocenters. The standard InChI is InChI=1S/C8H11N3/c1-7(9)2-3-8-6-10-4-5-11-8/h2-7H,9H2,1H3/b3-2+. The molecule has 0 aromatic carbocycles. The second kappa shape index (κ2) is 3.83. The van der Waals surface area contributed by atoms with Crippen LogP contribution < -0.4 is 5.73 Å². The van der Waals surface area contributed by atoms with Crippen LogP contribution in [0.4, 0.5) is 0 Å². The molecule has 58 valence electrons. The van der Waals surface area contributed by atoms with Crippen molar-refractivity contribution in [2.45, 2.75) is 13.0 Å². The summed E-state index contributed by atoms with van der Waals surface area (Å²) in [5, 5.41) is 0. The molecule has 1 heterocycles. The Morgan fingerprint density at radius 3 is 2.91 bits per heavy atom. The maximum atomic E-state index is 5.51. The van der Waals surface area contributed by atoms with Gasteiger partial charge < -0.3 is 5.73 Å². The zero-order chi connectivity index (χ0) is 8.10. The highest BCUT2D eigenvalue weighted by molar-refractivity contribution is 5.43.